The number of carbonyl (C=O) groups is 1. The minimum atomic E-state index is -0.742. The van der Waals surface area contributed by atoms with Gasteiger partial charge in [-0.05, 0) is 43.2 Å². The number of anilines is 1. The number of benzene rings is 1. The number of aryl methyl sites for hydroxylation is 1. The Labute approximate surface area is 147 Å². The molecule has 24 heavy (non-hydrogen) atoms. The molecule has 2 aromatic rings. The fourth-order valence-corrected chi connectivity index (χ4v) is 2.56. The molecule has 0 saturated heterocycles. The number of carbonyl (C=O) groups excluding carboxylic acids is 1. The van der Waals surface area contributed by atoms with Gasteiger partial charge < -0.3 is 10.1 Å². The first-order chi connectivity index (χ1) is 11.4. The molecular weight excluding hydrogens is 378 g/mol. The predicted octanol–water partition coefficient (Wildman–Crippen LogP) is 3.85. The average Bonchev–Trinajstić information content (AvgIpc) is 2.55. The van der Waals surface area contributed by atoms with Gasteiger partial charge in [-0.1, -0.05) is 22.0 Å². The molecule has 126 valence electrons. The summed E-state index contributed by atoms with van der Waals surface area (Å²) in [4.78, 5) is 26.7. The van der Waals surface area contributed by atoms with Crippen molar-refractivity contribution in [1.29, 1.82) is 0 Å². The molecule has 0 aliphatic heterocycles. The summed E-state index contributed by atoms with van der Waals surface area (Å²) in [5, 5.41) is 14.3. The Morgan fingerprint density at radius 3 is 2.83 bits per heavy atom. The lowest BCUT2D eigenvalue weighted by Gasteiger charge is -2.11. The van der Waals surface area contributed by atoms with Crippen LogP contribution in [0, 0.1) is 17.0 Å². The van der Waals surface area contributed by atoms with Gasteiger partial charge in [-0.2, -0.15) is 0 Å². The van der Waals surface area contributed by atoms with E-state index in [9.17, 15) is 14.9 Å². The Kier molecular flexibility index (Phi) is 5.86. The van der Waals surface area contributed by atoms with E-state index >= 15 is 0 Å². The maximum atomic E-state index is 11.9. The monoisotopic (exact) mass is 393 g/mol. The first kappa shape index (κ1) is 17.9. The van der Waals surface area contributed by atoms with Crippen molar-refractivity contribution in [3.05, 3.63) is 61.7 Å². The van der Waals surface area contributed by atoms with E-state index in [1.807, 2.05) is 25.1 Å². The largest absolute Gasteiger partial charge is 0.462 e. The third kappa shape index (κ3) is 4.08. The number of pyridine rings is 1. The van der Waals surface area contributed by atoms with E-state index in [0.717, 1.165) is 15.6 Å². The summed E-state index contributed by atoms with van der Waals surface area (Å²) in [5.74, 6) is -0.710. The Morgan fingerprint density at radius 2 is 2.17 bits per heavy atom. The van der Waals surface area contributed by atoms with E-state index in [1.165, 1.54) is 12.3 Å². The van der Waals surface area contributed by atoms with Crippen molar-refractivity contribution in [1.82, 2.24) is 4.98 Å². The minimum absolute atomic E-state index is 0.0323. The van der Waals surface area contributed by atoms with Crippen molar-refractivity contribution in [3.8, 4) is 0 Å². The topological polar surface area (TPSA) is 94.4 Å². The molecule has 0 bridgehead atoms. The zero-order valence-electron chi connectivity index (χ0n) is 13.2. The highest BCUT2D eigenvalue weighted by Gasteiger charge is 2.26. The van der Waals surface area contributed by atoms with Crippen LogP contribution in [0.5, 0.6) is 0 Å². The second kappa shape index (κ2) is 7.87. The zero-order valence-corrected chi connectivity index (χ0v) is 14.8. The summed E-state index contributed by atoms with van der Waals surface area (Å²) in [6.07, 6.45) is 1.34. The van der Waals surface area contributed by atoms with Gasteiger partial charge in [-0.15, -0.1) is 0 Å². The Morgan fingerprint density at radius 1 is 1.42 bits per heavy atom. The molecule has 1 heterocycles. The van der Waals surface area contributed by atoms with Crippen LogP contribution in [0.4, 0.5) is 11.5 Å². The van der Waals surface area contributed by atoms with E-state index in [4.69, 9.17) is 4.74 Å². The fourth-order valence-electron chi connectivity index (χ4n) is 2.15. The number of rotatable bonds is 6. The van der Waals surface area contributed by atoms with Crippen molar-refractivity contribution >= 4 is 33.4 Å². The maximum absolute atomic E-state index is 11.9. The number of nitrogens with zero attached hydrogens (tertiary/aromatic N) is 2. The summed E-state index contributed by atoms with van der Waals surface area (Å²) in [5.41, 5.74) is 1.49. The van der Waals surface area contributed by atoms with Crippen LogP contribution in [0.2, 0.25) is 0 Å². The van der Waals surface area contributed by atoms with Gasteiger partial charge in [0.1, 0.15) is 5.56 Å². The molecule has 2 rings (SSSR count). The summed E-state index contributed by atoms with van der Waals surface area (Å²) in [6.45, 7) is 4.06. The molecule has 0 radical (unpaired) electrons. The highest BCUT2D eigenvalue weighted by molar-refractivity contribution is 9.10. The molecule has 8 heteroatoms. The van der Waals surface area contributed by atoms with Crippen LogP contribution < -0.4 is 5.32 Å². The Bertz CT molecular complexity index is 780. The van der Waals surface area contributed by atoms with Crippen LogP contribution in [-0.2, 0) is 11.3 Å². The lowest BCUT2D eigenvalue weighted by molar-refractivity contribution is -0.384. The molecule has 0 amide bonds. The quantitative estimate of drug-likeness (QED) is 0.454. The lowest BCUT2D eigenvalue weighted by Crippen LogP contribution is -2.12. The van der Waals surface area contributed by atoms with E-state index in [1.54, 1.807) is 6.92 Å². The number of ether oxygens (including phenoxy) is 1. The number of halogens is 1. The SMILES string of the molecule is CCOC(=O)c1ccnc(NCc2cc(Br)ccc2C)c1[N+](=O)[O-]. The Hall–Kier alpha value is -2.48. The second-order valence-corrected chi connectivity index (χ2v) is 5.87. The van der Waals surface area contributed by atoms with E-state index < -0.39 is 10.9 Å². The van der Waals surface area contributed by atoms with E-state index in [0.29, 0.717) is 6.54 Å². The van der Waals surface area contributed by atoms with Gasteiger partial charge in [0.2, 0.25) is 5.82 Å². The molecule has 1 aromatic heterocycles. The van der Waals surface area contributed by atoms with Crippen LogP contribution in [-0.4, -0.2) is 22.5 Å². The van der Waals surface area contributed by atoms with Crippen molar-refractivity contribution < 1.29 is 14.5 Å². The molecule has 0 aliphatic rings. The van der Waals surface area contributed by atoms with Crippen LogP contribution in [0.1, 0.15) is 28.4 Å². The average molecular weight is 394 g/mol. The number of esters is 1. The van der Waals surface area contributed by atoms with E-state index in [2.05, 4.69) is 26.2 Å². The van der Waals surface area contributed by atoms with Gasteiger partial charge in [0.15, 0.2) is 0 Å². The summed E-state index contributed by atoms with van der Waals surface area (Å²) >= 11 is 3.40. The first-order valence-corrected chi connectivity index (χ1v) is 8.02. The van der Waals surface area contributed by atoms with Gasteiger partial charge in [0, 0.05) is 17.2 Å². The van der Waals surface area contributed by atoms with Crippen molar-refractivity contribution in [2.45, 2.75) is 20.4 Å². The van der Waals surface area contributed by atoms with Gasteiger partial charge >= 0.3 is 11.7 Å². The van der Waals surface area contributed by atoms with Gasteiger partial charge in [-0.3, -0.25) is 10.1 Å². The standard InChI is InChI=1S/C16H16BrN3O4/c1-3-24-16(21)13-6-7-18-15(14(13)20(22)23)19-9-11-8-12(17)5-4-10(11)2/h4-8H,3,9H2,1-2H3,(H,18,19). The molecule has 1 aromatic carbocycles. The smallest absolute Gasteiger partial charge is 0.345 e. The number of hydrogen-bond acceptors (Lipinski definition) is 6. The van der Waals surface area contributed by atoms with Gasteiger partial charge in [-0.25, -0.2) is 9.78 Å². The second-order valence-electron chi connectivity index (χ2n) is 4.96. The van der Waals surface area contributed by atoms with Gasteiger partial charge in [0.25, 0.3) is 0 Å². The van der Waals surface area contributed by atoms with Crippen molar-refractivity contribution in [2.24, 2.45) is 0 Å². The maximum Gasteiger partial charge on any atom is 0.345 e. The third-order valence-corrected chi connectivity index (χ3v) is 3.85. The summed E-state index contributed by atoms with van der Waals surface area (Å²) in [6, 6.07) is 7.06. The normalized spacial score (nSPS) is 10.3. The zero-order chi connectivity index (χ0) is 17.7. The van der Waals surface area contributed by atoms with Crippen molar-refractivity contribution in [3.63, 3.8) is 0 Å². The molecule has 0 saturated carbocycles. The number of nitrogens with one attached hydrogen (secondary N) is 1. The molecule has 7 nitrogen and oxygen atoms in total. The van der Waals surface area contributed by atoms with Crippen LogP contribution in [0.25, 0.3) is 0 Å². The fraction of sp³-hybridized carbons (Fsp3) is 0.250. The lowest BCUT2D eigenvalue weighted by atomic mass is 10.1. The minimum Gasteiger partial charge on any atom is -0.462 e. The summed E-state index contributed by atoms with van der Waals surface area (Å²) in [7, 11) is 0. The molecule has 0 unspecified atom stereocenters. The highest BCUT2D eigenvalue weighted by Crippen LogP contribution is 2.28. The Balaban J connectivity index is 2.33. The molecule has 0 spiro atoms. The number of aromatic nitrogens is 1. The third-order valence-electron chi connectivity index (χ3n) is 3.36. The van der Waals surface area contributed by atoms with Crippen LogP contribution in [0.3, 0.4) is 0 Å². The van der Waals surface area contributed by atoms with Gasteiger partial charge in [0.05, 0.1) is 11.5 Å². The highest BCUT2D eigenvalue weighted by atomic mass is 79.9. The molecule has 1 N–H and O–H groups in total. The number of hydrogen-bond donors (Lipinski definition) is 1. The van der Waals surface area contributed by atoms with Crippen molar-refractivity contribution in [2.75, 3.05) is 11.9 Å². The predicted molar refractivity (Wildman–Crippen MR) is 93.1 cm³/mol. The van der Waals surface area contributed by atoms with Crippen LogP contribution in [0.15, 0.2) is 34.9 Å². The molecule has 0 atom stereocenters. The molecular formula is C16H16BrN3O4. The first-order valence-electron chi connectivity index (χ1n) is 7.23. The molecule has 0 aliphatic carbocycles. The van der Waals surface area contributed by atoms with Crippen LogP contribution >= 0.6 is 15.9 Å². The summed E-state index contributed by atoms with van der Waals surface area (Å²) < 4.78 is 5.78. The molecule has 0 fully saturated rings. The number of nitro groups is 1. The van der Waals surface area contributed by atoms with E-state index in [-0.39, 0.29) is 23.7 Å².